The number of aromatic nitrogens is 2. The van der Waals surface area contributed by atoms with Gasteiger partial charge in [0.05, 0.1) is 12.0 Å². The van der Waals surface area contributed by atoms with Crippen LogP contribution in [0.5, 0.6) is 0 Å². The molecule has 0 aliphatic carbocycles. The van der Waals surface area contributed by atoms with Gasteiger partial charge in [-0.3, -0.25) is 4.79 Å². The minimum atomic E-state index is -0.465. The Morgan fingerprint density at radius 1 is 1.38 bits per heavy atom. The molecule has 0 spiro atoms. The van der Waals surface area contributed by atoms with Crippen molar-refractivity contribution in [3.8, 4) is 0 Å². The van der Waals surface area contributed by atoms with Crippen LogP contribution in [-0.4, -0.2) is 22.5 Å². The van der Waals surface area contributed by atoms with Crippen LogP contribution in [0.15, 0.2) is 29.1 Å². The molecule has 1 aromatic carbocycles. The molecule has 5 nitrogen and oxygen atoms in total. The maximum absolute atomic E-state index is 13.8. The number of hydrogen-bond donors (Lipinski definition) is 1. The van der Waals surface area contributed by atoms with Crippen LogP contribution in [0.2, 0.25) is 0 Å². The highest BCUT2D eigenvalue weighted by molar-refractivity contribution is 7.20. The number of carbonyl (C=O) groups excluding carboxylic acids is 1. The van der Waals surface area contributed by atoms with E-state index in [1.807, 2.05) is 0 Å². The lowest BCUT2D eigenvalue weighted by molar-refractivity contribution is 0.0531. The Morgan fingerprint density at radius 2 is 2.12 bits per heavy atom. The van der Waals surface area contributed by atoms with Crippen LogP contribution < -0.4 is 5.56 Å². The van der Waals surface area contributed by atoms with Crippen LogP contribution in [0.3, 0.4) is 0 Å². The predicted octanol–water partition coefficient (Wildman–Crippen LogP) is 3.20. The standard InChI is InChI=1S/C17H15FN2O3S/c1-3-23-17(22)14-9(2)13-15(21)19-12(20-16(13)24-14)8-10-6-4-5-7-11(10)18/h4-7H,3,8H2,1-2H3,(H,19,20,21). The van der Waals surface area contributed by atoms with Gasteiger partial charge in [0.1, 0.15) is 21.3 Å². The van der Waals surface area contributed by atoms with Gasteiger partial charge in [-0.2, -0.15) is 0 Å². The zero-order valence-electron chi connectivity index (χ0n) is 13.2. The SMILES string of the molecule is CCOC(=O)c1sc2nc(Cc3ccccc3F)[nH]c(=O)c2c1C. The number of halogens is 1. The molecule has 3 aromatic rings. The topological polar surface area (TPSA) is 72.0 Å². The van der Waals surface area contributed by atoms with Gasteiger partial charge in [-0.1, -0.05) is 18.2 Å². The summed E-state index contributed by atoms with van der Waals surface area (Å²) in [7, 11) is 0. The normalized spacial score (nSPS) is 11.0. The monoisotopic (exact) mass is 346 g/mol. The average molecular weight is 346 g/mol. The van der Waals surface area contributed by atoms with Crippen molar-refractivity contribution in [2.45, 2.75) is 20.3 Å². The molecule has 0 amide bonds. The van der Waals surface area contributed by atoms with Gasteiger partial charge in [0.2, 0.25) is 0 Å². The molecular formula is C17H15FN2O3S. The van der Waals surface area contributed by atoms with Gasteiger partial charge in [-0.15, -0.1) is 11.3 Å². The zero-order chi connectivity index (χ0) is 17.3. The number of aromatic amines is 1. The molecule has 0 atom stereocenters. The zero-order valence-corrected chi connectivity index (χ0v) is 14.0. The van der Waals surface area contributed by atoms with Crippen molar-refractivity contribution in [2.24, 2.45) is 0 Å². The van der Waals surface area contributed by atoms with Crippen molar-refractivity contribution >= 4 is 27.5 Å². The number of aryl methyl sites for hydroxylation is 1. The molecule has 124 valence electrons. The number of esters is 1. The third kappa shape index (κ3) is 2.94. The summed E-state index contributed by atoms with van der Waals surface area (Å²) in [4.78, 5) is 32.2. The van der Waals surface area contributed by atoms with E-state index in [2.05, 4.69) is 9.97 Å². The van der Waals surface area contributed by atoms with E-state index in [1.165, 1.54) is 6.07 Å². The molecule has 0 radical (unpaired) electrons. The van der Waals surface area contributed by atoms with Gasteiger partial charge < -0.3 is 9.72 Å². The Bertz CT molecular complexity index is 978. The summed E-state index contributed by atoms with van der Waals surface area (Å²) in [6.45, 7) is 3.67. The number of benzene rings is 1. The van der Waals surface area contributed by atoms with Crippen LogP contribution >= 0.6 is 11.3 Å². The van der Waals surface area contributed by atoms with Crippen LogP contribution in [0.4, 0.5) is 4.39 Å². The van der Waals surface area contributed by atoms with E-state index < -0.39 is 5.97 Å². The van der Waals surface area contributed by atoms with Gasteiger partial charge in [0, 0.05) is 6.42 Å². The lowest BCUT2D eigenvalue weighted by Gasteiger charge is -2.03. The highest BCUT2D eigenvalue weighted by Gasteiger charge is 2.20. The molecule has 3 rings (SSSR count). The molecule has 1 N–H and O–H groups in total. The number of fused-ring (bicyclic) bond motifs is 1. The fourth-order valence-corrected chi connectivity index (χ4v) is 3.58. The summed E-state index contributed by atoms with van der Waals surface area (Å²) >= 11 is 1.12. The first-order chi connectivity index (χ1) is 11.5. The van der Waals surface area contributed by atoms with Crippen molar-refractivity contribution in [3.05, 3.63) is 62.3 Å². The van der Waals surface area contributed by atoms with E-state index in [1.54, 1.807) is 32.0 Å². The Balaban J connectivity index is 2.06. The third-order valence-corrected chi connectivity index (χ3v) is 4.79. The summed E-state index contributed by atoms with van der Waals surface area (Å²) in [5, 5.41) is 0.375. The molecule has 0 saturated carbocycles. The highest BCUT2D eigenvalue weighted by Crippen LogP contribution is 2.27. The number of nitrogens with zero attached hydrogens (tertiary/aromatic N) is 1. The van der Waals surface area contributed by atoms with Crippen molar-refractivity contribution in [2.75, 3.05) is 6.61 Å². The number of rotatable bonds is 4. The minimum absolute atomic E-state index is 0.170. The van der Waals surface area contributed by atoms with E-state index in [0.717, 1.165) is 11.3 Å². The van der Waals surface area contributed by atoms with Gasteiger partial charge in [-0.25, -0.2) is 14.2 Å². The number of hydrogen-bond acceptors (Lipinski definition) is 5. The molecule has 24 heavy (non-hydrogen) atoms. The average Bonchev–Trinajstić information content (AvgIpc) is 2.87. The van der Waals surface area contributed by atoms with Gasteiger partial charge in [0.25, 0.3) is 5.56 Å². The molecule has 0 aliphatic rings. The fourth-order valence-electron chi connectivity index (χ4n) is 2.49. The Hall–Kier alpha value is -2.54. The second-order valence-corrected chi connectivity index (χ2v) is 6.24. The smallest absolute Gasteiger partial charge is 0.348 e. The molecule has 0 bridgehead atoms. The minimum Gasteiger partial charge on any atom is -0.462 e. The van der Waals surface area contributed by atoms with E-state index in [4.69, 9.17) is 4.74 Å². The molecule has 2 heterocycles. The number of ether oxygens (including phenoxy) is 1. The van der Waals surface area contributed by atoms with Crippen molar-refractivity contribution in [1.29, 1.82) is 0 Å². The second kappa shape index (κ2) is 6.52. The van der Waals surface area contributed by atoms with E-state index in [-0.39, 0.29) is 24.4 Å². The predicted molar refractivity (Wildman–Crippen MR) is 90.1 cm³/mol. The molecule has 0 saturated heterocycles. The first kappa shape index (κ1) is 16.3. The molecular weight excluding hydrogens is 331 g/mol. The van der Waals surface area contributed by atoms with E-state index in [9.17, 15) is 14.0 Å². The van der Waals surface area contributed by atoms with Gasteiger partial charge in [0.15, 0.2) is 0 Å². The Kier molecular flexibility index (Phi) is 4.44. The molecule has 7 heteroatoms. The van der Waals surface area contributed by atoms with Crippen molar-refractivity contribution in [1.82, 2.24) is 9.97 Å². The third-order valence-electron chi connectivity index (χ3n) is 3.63. The summed E-state index contributed by atoms with van der Waals surface area (Å²) in [5.74, 6) is -0.461. The molecule has 0 unspecified atom stereocenters. The Morgan fingerprint density at radius 3 is 2.83 bits per heavy atom. The molecule has 0 fully saturated rings. The lowest BCUT2D eigenvalue weighted by atomic mass is 10.1. The summed E-state index contributed by atoms with van der Waals surface area (Å²) in [6.07, 6.45) is 0.170. The molecule has 2 aromatic heterocycles. The maximum atomic E-state index is 13.8. The van der Waals surface area contributed by atoms with Crippen LogP contribution in [0, 0.1) is 12.7 Å². The molecule has 0 aliphatic heterocycles. The van der Waals surface area contributed by atoms with Crippen molar-refractivity contribution < 1.29 is 13.9 Å². The first-order valence-electron chi connectivity index (χ1n) is 7.44. The number of H-pyrrole nitrogens is 1. The van der Waals surface area contributed by atoms with Gasteiger partial charge in [-0.05, 0) is 31.0 Å². The lowest BCUT2D eigenvalue weighted by Crippen LogP contribution is -2.12. The van der Waals surface area contributed by atoms with Crippen molar-refractivity contribution in [3.63, 3.8) is 0 Å². The summed E-state index contributed by atoms with van der Waals surface area (Å²) in [5.41, 5.74) is 0.661. The number of carbonyl (C=O) groups is 1. The van der Waals surface area contributed by atoms with Crippen LogP contribution in [-0.2, 0) is 11.2 Å². The first-order valence-corrected chi connectivity index (χ1v) is 8.25. The summed E-state index contributed by atoms with van der Waals surface area (Å²) < 4.78 is 18.8. The quantitative estimate of drug-likeness (QED) is 0.737. The number of thiophene rings is 1. The summed E-state index contributed by atoms with van der Waals surface area (Å²) in [6, 6.07) is 6.33. The van der Waals surface area contributed by atoms with Crippen LogP contribution in [0.25, 0.3) is 10.2 Å². The largest absolute Gasteiger partial charge is 0.462 e. The second-order valence-electron chi connectivity index (χ2n) is 5.24. The van der Waals surface area contributed by atoms with Gasteiger partial charge >= 0.3 is 5.97 Å². The Labute approximate surface area is 141 Å². The fraction of sp³-hybridized carbons (Fsp3) is 0.235. The van der Waals surface area contributed by atoms with E-state index >= 15 is 0 Å². The van der Waals surface area contributed by atoms with Crippen LogP contribution in [0.1, 0.15) is 33.5 Å². The highest BCUT2D eigenvalue weighted by atomic mass is 32.1. The van der Waals surface area contributed by atoms with E-state index in [0.29, 0.717) is 32.0 Å². The number of nitrogens with one attached hydrogen (secondary N) is 1. The maximum Gasteiger partial charge on any atom is 0.348 e.